The molecule has 0 radical (unpaired) electrons. The van der Waals surface area contributed by atoms with Gasteiger partial charge < -0.3 is 70.8 Å². The largest absolute Gasteiger partial charge is 0.481 e. The second-order valence-corrected chi connectivity index (χ2v) is 15.4. The Balaban J connectivity index is 3.85. The van der Waals surface area contributed by atoms with Crippen molar-refractivity contribution in [3.8, 4) is 0 Å². The zero-order valence-electron chi connectivity index (χ0n) is 38.0. The van der Waals surface area contributed by atoms with E-state index in [1.54, 1.807) is 0 Å². The highest BCUT2D eigenvalue weighted by atomic mass is 16.5. The monoisotopic (exact) mass is 947 g/mol. The number of amides is 5. The van der Waals surface area contributed by atoms with Crippen molar-refractivity contribution in [3.05, 3.63) is 0 Å². The summed E-state index contributed by atoms with van der Waals surface area (Å²) < 4.78 is 21.1. The van der Waals surface area contributed by atoms with Crippen LogP contribution in [0, 0.1) is 0 Å². The highest BCUT2D eigenvalue weighted by Crippen LogP contribution is 2.13. The average molecular weight is 948 g/mol. The molecule has 0 aliphatic carbocycles. The summed E-state index contributed by atoms with van der Waals surface area (Å²) >= 11 is 0. The number of aldehydes is 1. The molecule has 0 bridgehead atoms. The molecule has 0 aromatic heterocycles. The van der Waals surface area contributed by atoms with Crippen molar-refractivity contribution in [2.75, 3.05) is 65.9 Å². The fourth-order valence-electron chi connectivity index (χ4n) is 6.09. The van der Waals surface area contributed by atoms with Crippen molar-refractivity contribution in [1.82, 2.24) is 26.6 Å². The summed E-state index contributed by atoms with van der Waals surface area (Å²) in [6, 6.07) is -3.92. The van der Waals surface area contributed by atoms with Gasteiger partial charge in [-0.2, -0.15) is 0 Å². The van der Waals surface area contributed by atoms with Gasteiger partial charge in [-0.25, -0.2) is 14.4 Å². The molecule has 23 nitrogen and oxygen atoms in total. The van der Waals surface area contributed by atoms with Crippen LogP contribution in [-0.2, 0) is 66.9 Å². The van der Waals surface area contributed by atoms with Crippen LogP contribution in [0.25, 0.3) is 0 Å². The van der Waals surface area contributed by atoms with Gasteiger partial charge in [0.15, 0.2) is 0 Å². The first kappa shape index (κ1) is 60.7. The first-order valence-corrected chi connectivity index (χ1v) is 22.7. The minimum Gasteiger partial charge on any atom is -0.481 e. The Hall–Kier alpha value is -5.26. The highest BCUT2D eigenvalue weighted by molar-refractivity contribution is 5.87. The zero-order chi connectivity index (χ0) is 49.2. The van der Waals surface area contributed by atoms with Crippen LogP contribution in [0.4, 0.5) is 0 Å². The second-order valence-electron chi connectivity index (χ2n) is 15.4. The molecule has 0 unspecified atom stereocenters. The molecule has 5 amide bonds. The van der Waals surface area contributed by atoms with E-state index in [2.05, 4.69) is 26.6 Å². The number of rotatable bonds is 46. The molecule has 0 aromatic rings. The Morgan fingerprint density at radius 2 is 0.758 bits per heavy atom. The predicted octanol–water partition coefficient (Wildman–Crippen LogP) is 1.08. The van der Waals surface area contributed by atoms with Gasteiger partial charge in [-0.3, -0.25) is 28.8 Å². The number of hydrogen-bond donors (Lipinski definition) is 9. The van der Waals surface area contributed by atoms with Gasteiger partial charge >= 0.3 is 23.9 Å². The van der Waals surface area contributed by atoms with E-state index >= 15 is 0 Å². The molecule has 378 valence electrons. The Labute approximate surface area is 385 Å². The van der Waals surface area contributed by atoms with Crippen LogP contribution in [0.2, 0.25) is 0 Å². The molecule has 0 aliphatic rings. The summed E-state index contributed by atoms with van der Waals surface area (Å²) in [4.78, 5) is 116. The summed E-state index contributed by atoms with van der Waals surface area (Å²) in [5.41, 5.74) is 0. The van der Waals surface area contributed by atoms with Gasteiger partial charge in [0.05, 0.1) is 39.6 Å². The van der Waals surface area contributed by atoms with Gasteiger partial charge in [-0.1, -0.05) is 64.2 Å². The van der Waals surface area contributed by atoms with Crippen LogP contribution in [0.3, 0.4) is 0 Å². The van der Waals surface area contributed by atoms with Gasteiger partial charge in [0.2, 0.25) is 29.5 Å². The van der Waals surface area contributed by atoms with Crippen molar-refractivity contribution in [2.45, 2.75) is 147 Å². The predicted molar refractivity (Wildman–Crippen MR) is 234 cm³/mol. The lowest BCUT2D eigenvalue weighted by molar-refractivity contribution is -0.144. The van der Waals surface area contributed by atoms with E-state index in [0.717, 1.165) is 70.6 Å². The minimum absolute atomic E-state index is 0.0248. The Kier molecular flexibility index (Phi) is 37.9. The van der Waals surface area contributed by atoms with Crippen molar-refractivity contribution >= 4 is 59.7 Å². The number of aliphatic carboxylic acids is 4. The van der Waals surface area contributed by atoms with E-state index in [1.807, 2.05) is 0 Å². The van der Waals surface area contributed by atoms with Crippen molar-refractivity contribution in [2.24, 2.45) is 0 Å². The topological polar surface area (TPSA) is 349 Å². The lowest BCUT2D eigenvalue weighted by Gasteiger charge is -2.16. The molecule has 9 N–H and O–H groups in total. The van der Waals surface area contributed by atoms with Crippen LogP contribution < -0.4 is 26.6 Å². The van der Waals surface area contributed by atoms with Crippen molar-refractivity contribution in [3.63, 3.8) is 0 Å². The number of unbranched alkanes of at least 4 members (excludes halogenated alkanes) is 11. The molecule has 0 fully saturated rings. The number of ether oxygens (including phenoxy) is 4. The smallest absolute Gasteiger partial charge is 0.326 e. The van der Waals surface area contributed by atoms with Gasteiger partial charge in [0.1, 0.15) is 37.6 Å². The van der Waals surface area contributed by atoms with E-state index in [-0.39, 0.29) is 110 Å². The van der Waals surface area contributed by atoms with E-state index < -0.39 is 78.7 Å². The summed E-state index contributed by atoms with van der Waals surface area (Å²) in [5, 5.41) is 48.7. The number of carboxylic acids is 4. The standard InChI is InChI=1S/C43H73N5O18/c49-23-13-14-32(41(57)58)46-37(52)20-18-34(43(61)62)48-39(54)31-66-29-27-64-25-22-45-38(53)30-65-28-26-63-24-21-44-35(50)19-17-33(42(59)60)47-36(51)15-11-9-7-5-3-1-2-4-6-8-10-12-16-40(55)56/h23,32-34H,1-22,24-31H2,(H,44,50)(H,45,53)(H,46,52)(H,47,51)(H,48,54)(H,55,56)(H,57,58)(H,59,60)(H,61,62)/t32-,33-,34-/m0/s1. The number of carbonyl (C=O) groups is 10. The molecule has 66 heavy (non-hydrogen) atoms. The Morgan fingerprint density at radius 1 is 0.394 bits per heavy atom. The van der Waals surface area contributed by atoms with E-state index in [9.17, 15) is 58.2 Å². The minimum atomic E-state index is -1.43. The van der Waals surface area contributed by atoms with Crippen LogP contribution in [0.15, 0.2) is 0 Å². The fourth-order valence-corrected chi connectivity index (χ4v) is 6.09. The summed E-state index contributed by atoms with van der Waals surface area (Å²) in [6.07, 6.45) is 12.0. The average Bonchev–Trinajstić information content (AvgIpc) is 3.26. The third-order valence-electron chi connectivity index (χ3n) is 9.69. The first-order chi connectivity index (χ1) is 31.7. The third-order valence-corrected chi connectivity index (χ3v) is 9.69. The van der Waals surface area contributed by atoms with Crippen LogP contribution in [0.1, 0.15) is 128 Å². The third kappa shape index (κ3) is 38.1. The number of carboxylic acid groups (broad SMARTS) is 4. The number of carbonyl (C=O) groups excluding carboxylic acids is 6. The van der Waals surface area contributed by atoms with Crippen molar-refractivity contribution in [1.29, 1.82) is 0 Å². The van der Waals surface area contributed by atoms with Crippen LogP contribution >= 0.6 is 0 Å². The van der Waals surface area contributed by atoms with E-state index in [1.165, 1.54) is 0 Å². The quantitative estimate of drug-likeness (QED) is 0.0304. The van der Waals surface area contributed by atoms with E-state index in [4.69, 9.17) is 29.2 Å². The lowest BCUT2D eigenvalue weighted by Crippen LogP contribution is -2.44. The Morgan fingerprint density at radius 3 is 1.21 bits per heavy atom. The van der Waals surface area contributed by atoms with Crippen LogP contribution in [-0.4, -0.2) is 164 Å². The molecule has 0 aliphatic heterocycles. The SMILES string of the molecule is O=CCC[C@H](NC(=O)CC[C@H](NC(=O)COCCOCCNC(=O)COCCOCCNC(=O)CC[C@H](NC(=O)CCCCCCCCCCCCCCC(=O)O)C(=O)O)C(=O)O)C(=O)O. The van der Waals surface area contributed by atoms with Crippen LogP contribution in [0.5, 0.6) is 0 Å². The summed E-state index contributed by atoms with van der Waals surface area (Å²) in [6.45, 7) is 0.122. The Bertz CT molecular complexity index is 1450. The molecule has 23 heteroatoms. The molecular formula is C43H73N5O18. The number of hydrogen-bond acceptors (Lipinski definition) is 14. The molecule has 0 rings (SSSR count). The molecule has 0 saturated heterocycles. The second kappa shape index (κ2) is 41.2. The highest BCUT2D eigenvalue weighted by Gasteiger charge is 2.24. The first-order valence-electron chi connectivity index (χ1n) is 22.7. The molecule has 0 spiro atoms. The molecule has 0 heterocycles. The van der Waals surface area contributed by atoms with Gasteiger partial charge in [0, 0.05) is 45.2 Å². The lowest BCUT2D eigenvalue weighted by atomic mass is 10.0. The van der Waals surface area contributed by atoms with E-state index in [0.29, 0.717) is 12.7 Å². The van der Waals surface area contributed by atoms with Gasteiger partial charge in [-0.05, 0) is 32.1 Å². The van der Waals surface area contributed by atoms with Crippen molar-refractivity contribution < 1.29 is 87.3 Å². The molecular weight excluding hydrogens is 874 g/mol. The zero-order valence-corrected chi connectivity index (χ0v) is 38.0. The maximum atomic E-state index is 12.3. The molecule has 0 aromatic carbocycles. The maximum Gasteiger partial charge on any atom is 0.326 e. The van der Waals surface area contributed by atoms with Gasteiger partial charge in [0.25, 0.3) is 0 Å². The van der Waals surface area contributed by atoms with Gasteiger partial charge in [-0.15, -0.1) is 0 Å². The summed E-state index contributed by atoms with van der Waals surface area (Å²) in [7, 11) is 0. The molecule has 0 saturated carbocycles. The molecule has 3 atom stereocenters. The summed E-state index contributed by atoms with van der Waals surface area (Å²) in [5.74, 6) is -7.39. The fraction of sp³-hybridized carbons (Fsp3) is 0.767. The number of nitrogens with one attached hydrogen (secondary N) is 5. The maximum absolute atomic E-state index is 12.3. The normalized spacial score (nSPS) is 12.2.